The van der Waals surface area contributed by atoms with E-state index in [0.717, 1.165) is 5.92 Å². The van der Waals surface area contributed by atoms with Crippen LogP contribution >= 0.6 is 0 Å². The Bertz CT molecular complexity index is 680. The molecule has 1 aromatic carbocycles. The molecule has 0 radical (unpaired) electrons. The molecule has 0 amide bonds. The molecule has 2 N–H and O–H groups in total. The summed E-state index contributed by atoms with van der Waals surface area (Å²) in [6.07, 6.45) is 14.9. The number of piperidine rings is 1. The molecule has 1 heterocycles. The van der Waals surface area contributed by atoms with Gasteiger partial charge in [0.1, 0.15) is 0 Å². The van der Waals surface area contributed by atoms with E-state index in [0.29, 0.717) is 5.57 Å². The third kappa shape index (κ3) is 10.6. The molecule has 0 bridgehead atoms. The maximum absolute atomic E-state index is 10.6. The van der Waals surface area contributed by atoms with Gasteiger partial charge in [-0.25, -0.2) is 0 Å². The van der Waals surface area contributed by atoms with Crippen molar-refractivity contribution in [2.45, 2.75) is 66.2 Å². The van der Waals surface area contributed by atoms with Gasteiger partial charge in [-0.15, -0.1) is 0 Å². The molecular weight excluding hydrogens is 368 g/mol. The van der Waals surface area contributed by atoms with Crippen LogP contribution in [0.1, 0.15) is 65.4 Å². The normalized spacial score (nSPS) is 16.4. The number of carbonyl (C=O) groups excluding carboxylic acids is 1. The summed E-state index contributed by atoms with van der Waals surface area (Å²) in [7, 11) is 0. The Morgan fingerprint density at radius 1 is 1.17 bits per heavy atom. The Labute approximate surface area is 184 Å². The Balaban J connectivity index is 0.000000424. The number of nitrogens with two attached hydrogens (primary N) is 1. The molecule has 2 rings (SSSR count). The first-order chi connectivity index (χ1) is 14.5. The van der Waals surface area contributed by atoms with Crippen LogP contribution in [0.15, 0.2) is 65.9 Å². The highest BCUT2D eigenvalue weighted by molar-refractivity contribution is 5.95. The number of hydrogen-bond acceptors (Lipinski definition) is 3. The minimum atomic E-state index is -0.00407. The molecule has 30 heavy (non-hydrogen) atoms. The standard InChI is InChI=1S/C20H31N.C7H11NO/c1-3-18(4-2)11-8-14-21-15-12-20(13-16-21)17-19-9-6-5-7-10-19;1-3-4-7(5-8)6(2)9/h3,5-7,9-10,20H,4,8,11-17H2,1-2H3;3-5H,8H2,1-2H3/b18-3+;4-3+,7-5+. The van der Waals surface area contributed by atoms with Crippen molar-refractivity contribution >= 4 is 5.78 Å². The fourth-order valence-electron chi connectivity index (χ4n) is 3.89. The van der Waals surface area contributed by atoms with E-state index in [1.54, 1.807) is 17.7 Å². The Morgan fingerprint density at radius 2 is 1.83 bits per heavy atom. The van der Waals surface area contributed by atoms with Crippen LogP contribution in [0.3, 0.4) is 0 Å². The van der Waals surface area contributed by atoms with Crippen LogP contribution in [0.4, 0.5) is 0 Å². The number of allylic oxidation sites excluding steroid dienone is 5. The third-order valence-corrected chi connectivity index (χ3v) is 5.84. The van der Waals surface area contributed by atoms with Crippen LogP contribution in [0, 0.1) is 5.92 Å². The summed E-state index contributed by atoms with van der Waals surface area (Å²) in [4.78, 5) is 13.2. The van der Waals surface area contributed by atoms with Gasteiger partial charge in [-0.05, 0) is 90.4 Å². The summed E-state index contributed by atoms with van der Waals surface area (Å²) < 4.78 is 0. The molecule has 0 aliphatic carbocycles. The molecule has 1 aliphatic rings. The van der Waals surface area contributed by atoms with Crippen molar-refractivity contribution in [3.05, 3.63) is 71.5 Å². The molecule has 1 aliphatic heterocycles. The molecular formula is C27H42N2O. The third-order valence-electron chi connectivity index (χ3n) is 5.84. The van der Waals surface area contributed by atoms with Gasteiger partial charge >= 0.3 is 0 Å². The molecule has 1 aromatic rings. The van der Waals surface area contributed by atoms with E-state index in [-0.39, 0.29) is 5.78 Å². The lowest BCUT2D eigenvalue weighted by molar-refractivity contribution is -0.113. The number of Topliss-reactive ketones (excluding diaryl/α,β-unsaturated/α-hetero) is 1. The summed E-state index contributed by atoms with van der Waals surface area (Å²) in [5.74, 6) is 0.890. The second kappa shape index (κ2) is 15.7. The summed E-state index contributed by atoms with van der Waals surface area (Å²) in [5, 5.41) is 0. The molecule has 166 valence electrons. The molecule has 1 saturated heterocycles. The molecule has 0 atom stereocenters. The predicted molar refractivity (Wildman–Crippen MR) is 130 cm³/mol. The van der Waals surface area contributed by atoms with Gasteiger partial charge in [0, 0.05) is 11.8 Å². The number of nitrogens with zero attached hydrogens (tertiary/aromatic N) is 1. The van der Waals surface area contributed by atoms with E-state index in [1.165, 1.54) is 76.8 Å². The van der Waals surface area contributed by atoms with Gasteiger partial charge in [0.2, 0.25) is 0 Å². The average Bonchev–Trinajstić information content (AvgIpc) is 2.77. The van der Waals surface area contributed by atoms with Crippen LogP contribution in [-0.4, -0.2) is 30.3 Å². The lowest BCUT2D eigenvalue weighted by atomic mass is 9.90. The predicted octanol–water partition coefficient (Wildman–Crippen LogP) is 6.07. The monoisotopic (exact) mass is 410 g/mol. The smallest absolute Gasteiger partial charge is 0.161 e. The maximum Gasteiger partial charge on any atom is 0.161 e. The SMILES string of the molecule is C/C=C(\CC)CCCN1CCC(Cc2ccccc2)CC1.C/C=C/C(=C\N)C(C)=O. The molecule has 0 aromatic heterocycles. The van der Waals surface area contributed by atoms with Crippen LogP contribution in [-0.2, 0) is 11.2 Å². The lowest BCUT2D eigenvalue weighted by Gasteiger charge is -2.32. The fourth-order valence-corrected chi connectivity index (χ4v) is 3.89. The van der Waals surface area contributed by atoms with Crippen molar-refractivity contribution in [3.8, 4) is 0 Å². The quantitative estimate of drug-likeness (QED) is 0.305. The fraction of sp³-hybridized carbons (Fsp3) is 0.519. The topological polar surface area (TPSA) is 46.3 Å². The highest BCUT2D eigenvalue weighted by Gasteiger charge is 2.18. The van der Waals surface area contributed by atoms with Crippen LogP contribution in [0.2, 0.25) is 0 Å². The van der Waals surface area contributed by atoms with Gasteiger partial charge in [0.15, 0.2) is 5.78 Å². The van der Waals surface area contributed by atoms with E-state index in [9.17, 15) is 4.79 Å². The maximum atomic E-state index is 10.6. The lowest BCUT2D eigenvalue weighted by Crippen LogP contribution is -2.35. The summed E-state index contributed by atoms with van der Waals surface area (Å²) >= 11 is 0. The summed E-state index contributed by atoms with van der Waals surface area (Å²) in [5.41, 5.74) is 8.81. The first-order valence-corrected chi connectivity index (χ1v) is 11.5. The second-order valence-corrected chi connectivity index (χ2v) is 8.06. The number of rotatable bonds is 9. The largest absolute Gasteiger partial charge is 0.404 e. The van der Waals surface area contributed by atoms with E-state index >= 15 is 0 Å². The van der Waals surface area contributed by atoms with Crippen molar-refractivity contribution in [1.82, 2.24) is 4.90 Å². The van der Waals surface area contributed by atoms with Gasteiger partial charge in [-0.2, -0.15) is 0 Å². The number of hydrogen-bond donors (Lipinski definition) is 1. The highest BCUT2D eigenvalue weighted by Crippen LogP contribution is 2.22. The molecule has 0 spiro atoms. The second-order valence-electron chi connectivity index (χ2n) is 8.06. The van der Waals surface area contributed by atoms with Gasteiger partial charge < -0.3 is 10.6 Å². The van der Waals surface area contributed by atoms with E-state index in [2.05, 4.69) is 55.2 Å². The number of ketones is 1. The van der Waals surface area contributed by atoms with Crippen molar-refractivity contribution in [3.63, 3.8) is 0 Å². The van der Waals surface area contributed by atoms with Gasteiger partial charge in [-0.3, -0.25) is 4.79 Å². The molecule has 3 nitrogen and oxygen atoms in total. The molecule has 3 heteroatoms. The minimum absolute atomic E-state index is 0.00407. The zero-order chi connectivity index (χ0) is 22.2. The van der Waals surface area contributed by atoms with E-state index in [1.807, 2.05) is 6.92 Å². The Morgan fingerprint density at radius 3 is 2.30 bits per heavy atom. The van der Waals surface area contributed by atoms with Crippen molar-refractivity contribution in [2.24, 2.45) is 11.7 Å². The Kier molecular flexibility index (Phi) is 13.5. The average molecular weight is 411 g/mol. The van der Waals surface area contributed by atoms with Gasteiger partial charge in [0.25, 0.3) is 0 Å². The van der Waals surface area contributed by atoms with E-state index < -0.39 is 0 Å². The van der Waals surface area contributed by atoms with Crippen molar-refractivity contribution in [2.75, 3.05) is 19.6 Å². The molecule has 0 saturated carbocycles. The number of likely N-dealkylation sites (tertiary alicyclic amines) is 1. The van der Waals surface area contributed by atoms with Crippen molar-refractivity contribution < 1.29 is 4.79 Å². The first kappa shape index (κ1) is 25.9. The highest BCUT2D eigenvalue weighted by atomic mass is 16.1. The Hall–Kier alpha value is -2.13. The first-order valence-electron chi connectivity index (χ1n) is 11.5. The summed E-state index contributed by atoms with van der Waals surface area (Å²) in [6.45, 7) is 11.7. The number of benzene rings is 1. The molecule has 0 unspecified atom stereocenters. The summed E-state index contributed by atoms with van der Waals surface area (Å²) in [6, 6.07) is 11.0. The number of carbonyl (C=O) groups is 1. The van der Waals surface area contributed by atoms with Crippen LogP contribution in [0.5, 0.6) is 0 Å². The minimum Gasteiger partial charge on any atom is -0.404 e. The van der Waals surface area contributed by atoms with Crippen LogP contribution < -0.4 is 5.73 Å². The molecule has 1 fully saturated rings. The van der Waals surface area contributed by atoms with Crippen LogP contribution in [0.25, 0.3) is 0 Å². The zero-order valence-electron chi connectivity index (χ0n) is 19.6. The van der Waals surface area contributed by atoms with Gasteiger partial charge in [-0.1, -0.05) is 61.1 Å². The van der Waals surface area contributed by atoms with Crippen molar-refractivity contribution in [1.29, 1.82) is 0 Å². The zero-order valence-corrected chi connectivity index (χ0v) is 19.6. The van der Waals surface area contributed by atoms with E-state index in [4.69, 9.17) is 5.73 Å². The van der Waals surface area contributed by atoms with Gasteiger partial charge in [0.05, 0.1) is 0 Å².